The van der Waals surface area contributed by atoms with Crippen LogP contribution in [-0.2, 0) is 9.05 Å². The molecule has 1 rings (SSSR count). The Morgan fingerprint density at radius 3 is 2.42 bits per heavy atom. The van der Waals surface area contributed by atoms with E-state index < -0.39 is 37.5 Å². The van der Waals surface area contributed by atoms with Gasteiger partial charge in [0.05, 0.1) is 13.3 Å². The van der Waals surface area contributed by atoms with Gasteiger partial charge in [-0.25, -0.2) is 13.4 Å². The molecule has 0 aliphatic heterocycles. The molecule has 104 valence electrons. The number of nitriles is 1. The summed E-state index contributed by atoms with van der Waals surface area (Å²) >= 11 is 0. The normalized spacial score (nSPS) is 11.8. The molecule has 0 unspecified atom stereocenters. The van der Waals surface area contributed by atoms with Crippen molar-refractivity contribution in [2.24, 2.45) is 0 Å². The quantitative estimate of drug-likeness (QED) is 0.790. The van der Waals surface area contributed by atoms with Crippen LogP contribution in [0.25, 0.3) is 0 Å². The maximum absolute atomic E-state index is 12.1. The van der Waals surface area contributed by atoms with Crippen molar-refractivity contribution in [2.75, 3.05) is 7.11 Å². The largest absolute Gasteiger partial charge is 0.574 e. The highest BCUT2D eigenvalue weighted by Crippen LogP contribution is 2.36. The van der Waals surface area contributed by atoms with E-state index in [1.54, 1.807) is 0 Å². The summed E-state index contributed by atoms with van der Waals surface area (Å²) in [7, 11) is 1.57. The smallest absolute Gasteiger partial charge is 0.490 e. The number of methoxy groups -OCH3 is 1. The molecular weight excluding hydrogens is 313 g/mol. The van der Waals surface area contributed by atoms with E-state index in [1.165, 1.54) is 6.07 Å². The number of pyridine rings is 1. The lowest BCUT2D eigenvalue weighted by Gasteiger charge is -2.13. The van der Waals surface area contributed by atoms with Crippen molar-refractivity contribution in [3.63, 3.8) is 0 Å². The van der Waals surface area contributed by atoms with Gasteiger partial charge in [-0.3, -0.25) is 0 Å². The Balaban J connectivity index is 3.54. The van der Waals surface area contributed by atoms with E-state index in [9.17, 15) is 21.6 Å². The molecule has 0 bridgehead atoms. The van der Waals surface area contributed by atoms with Gasteiger partial charge >= 0.3 is 6.36 Å². The van der Waals surface area contributed by atoms with E-state index in [-0.39, 0.29) is 0 Å². The molecule has 0 radical (unpaired) electrons. The van der Waals surface area contributed by atoms with Crippen molar-refractivity contribution in [3.8, 4) is 17.7 Å². The molecule has 11 heteroatoms. The van der Waals surface area contributed by atoms with E-state index in [2.05, 4.69) is 14.5 Å². The molecule has 19 heavy (non-hydrogen) atoms. The first-order valence-electron chi connectivity index (χ1n) is 4.27. The summed E-state index contributed by atoms with van der Waals surface area (Å²) < 4.78 is 66.5. The zero-order valence-electron chi connectivity index (χ0n) is 9.02. The first-order valence-corrected chi connectivity index (χ1v) is 6.58. The predicted octanol–water partition coefficient (Wildman–Crippen LogP) is 1.79. The first kappa shape index (κ1) is 15.3. The summed E-state index contributed by atoms with van der Waals surface area (Å²) in [6, 6.07) is 1.37. The van der Waals surface area contributed by atoms with Crippen LogP contribution in [0.5, 0.6) is 11.6 Å². The minimum absolute atomic E-state index is 0.477. The van der Waals surface area contributed by atoms with E-state index in [1.807, 2.05) is 0 Å². The van der Waals surface area contributed by atoms with Crippen LogP contribution in [0.4, 0.5) is 13.2 Å². The zero-order valence-corrected chi connectivity index (χ0v) is 10.6. The lowest BCUT2D eigenvalue weighted by molar-refractivity contribution is -0.276. The number of aromatic nitrogens is 1. The van der Waals surface area contributed by atoms with Gasteiger partial charge in [-0.2, -0.15) is 5.26 Å². The topological polar surface area (TPSA) is 89.3 Å². The van der Waals surface area contributed by atoms with Crippen molar-refractivity contribution in [1.29, 1.82) is 5.26 Å². The van der Waals surface area contributed by atoms with Crippen molar-refractivity contribution in [1.82, 2.24) is 4.98 Å². The highest BCUT2D eigenvalue weighted by Gasteiger charge is 2.35. The van der Waals surface area contributed by atoms with Crippen molar-refractivity contribution in [2.45, 2.75) is 11.3 Å². The monoisotopic (exact) mass is 316 g/mol. The molecule has 0 spiro atoms. The molecule has 0 aliphatic rings. The molecule has 0 amide bonds. The number of nitrogens with zero attached hydrogens (tertiary/aromatic N) is 2. The Labute approximate surface area is 109 Å². The molecule has 0 N–H and O–H groups in total. The van der Waals surface area contributed by atoms with Gasteiger partial charge < -0.3 is 9.47 Å². The van der Waals surface area contributed by atoms with Crippen molar-refractivity contribution in [3.05, 3.63) is 11.8 Å². The third-order valence-corrected chi connectivity index (χ3v) is 3.09. The summed E-state index contributed by atoms with van der Waals surface area (Å²) in [5, 5.41) is 8.80. The lowest BCUT2D eigenvalue weighted by atomic mass is 10.2. The van der Waals surface area contributed by atoms with Gasteiger partial charge in [-0.05, 0) is 0 Å². The Kier molecular flexibility index (Phi) is 4.12. The number of halogens is 4. The molecule has 6 nitrogen and oxygen atoms in total. The van der Waals surface area contributed by atoms with Crippen molar-refractivity contribution < 1.29 is 31.1 Å². The number of hydrogen-bond acceptors (Lipinski definition) is 6. The second kappa shape index (κ2) is 5.10. The summed E-state index contributed by atoms with van der Waals surface area (Å²) in [5.41, 5.74) is -0.730. The number of rotatable bonds is 3. The summed E-state index contributed by atoms with van der Waals surface area (Å²) in [4.78, 5) is 2.35. The third kappa shape index (κ3) is 3.62. The molecule has 0 saturated heterocycles. The fraction of sp³-hybridized carbons (Fsp3) is 0.250. The number of alkyl halides is 3. The summed E-state index contributed by atoms with van der Waals surface area (Å²) in [6.45, 7) is 0. The fourth-order valence-electron chi connectivity index (χ4n) is 1.12. The van der Waals surface area contributed by atoms with E-state index in [4.69, 9.17) is 15.9 Å². The lowest BCUT2D eigenvalue weighted by Crippen LogP contribution is -2.19. The van der Waals surface area contributed by atoms with Gasteiger partial charge in [-0.1, -0.05) is 0 Å². The van der Waals surface area contributed by atoms with Crippen LogP contribution in [0, 0.1) is 11.3 Å². The van der Waals surface area contributed by atoms with Crippen LogP contribution in [-0.4, -0.2) is 26.9 Å². The van der Waals surface area contributed by atoms with E-state index in [0.717, 1.165) is 7.11 Å². The second-order valence-electron chi connectivity index (χ2n) is 2.93. The molecule has 0 aromatic carbocycles. The van der Waals surface area contributed by atoms with Crippen LogP contribution >= 0.6 is 10.7 Å². The Morgan fingerprint density at radius 1 is 1.47 bits per heavy atom. The maximum atomic E-state index is 12.1. The van der Waals surface area contributed by atoms with Crippen LogP contribution in [0.15, 0.2) is 11.1 Å². The van der Waals surface area contributed by atoms with Gasteiger partial charge in [0.25, 0.3) is 14.9 Å². The Bertz CT molecular complexity index is 639. The molecule has 0 aliphatic carbocycles. The third-order valence-electron chi connectivity index (χ3n) is 1.76. The molecule has 1 heterocycles. The molecular formula is C8H4ClF3N2O4S. The minimum atomic E-state index is -5.08. The SMILES string of the molecule is COc1c(OC(F)(F)F)ncc(S(=O)(=O)Cl)c1C#N. The van der Waals surface area contributed by atoms with Gasteiger partial charge in [0, 0.05) is 10.7 Å². The summed E-state index contributed by atoms with van der Waals surface area (Å²) in [6.07, 6.45) is -4.60. The fourth-order valence-corrected chi connectivity index (χ4v) is 2.03. The van der Waals surface area contributed by atoms with Crippen LogP contribution in [0.1, 0.15) is 5.56 Å². The highest BCUT2D eigenvalue weighted by molar-refractivity contribution is 8.13. The molecule has 0 saturated carbocycles. The second-order valence-corrected chi connectivity index (χ2v) is 5.47. The van der Waals surface area contributed by atoms with Crippen molar-refractivity contribution >= 4 is 19.7 Å². The van der Waals surface area contributed by atoms with Gasteiger partial charge in [0.15, 0.2) is 0 Å². The van der Waals surface area contributed by atoms with E-state index in [0.29, 0.717) is 6.20 Å². The van der Waals surface area contributed by atoms with Gasteiger partial charge in [-0.15, -0.1) is 13.2 Å². The van der Waals surface area contributed by atoms with Crippen LogP contribution < -0.4 is 9.47 Å². The number of ether oxygens (including phenoxy) is 2. The van der Waals surface area contributed by atoms with E-state index >= 15 is 0 Å². The van der Waals surface area contributed by atoms with Gasteiger partial charge in [0.1, 0.15) is 16.5 Å². The summed E-state index contributed by atoms with van der Waals surface area (Å²) in [5.74, 6) is -1.86. The average molecular weight is 317 g/mol. The van der Waals surface area contributed by atoms with Crippen LogP contribution in [0.3, 0.4) is 0 Å². The standard InChI is InChI=1S/C8H4ClF3N2O4S/c1-17-6-4(2-13)5(19(9,15)16)3-14-7(6)18-8(10,11)12/h3H,1H3. The average Bonchev–Trinajstić information content (AvgIpc) is 2.24. The minimum Gasteiger partial charge on any atom is -0.490 e. The first-order chi connectivity index (χ1) is 8.60. The maximum Gasteiger partial charge on any atom is 0.574 e. The molecule has 0 atom stereocenters. The van der Waals surface area contributed by atoms with Crippen LogP contribution in [0.2, 0.25) is 0 Å². The molecule has 1 aromatic rings. The van der Waals surface area contributed by atoms with Gasteiger partial charge in [0.2, 0.25) is 5.75 Å². The predicted molar refractivity (Wildman–Crippen MR) is 55.2 cm³/mol. The zero-order chi connectivity index (χ0) is 14.8. The molecule has 1 aromatic heterocycles. The Hall–Kier alpha value is -1.73. The highest BCUT2D eigenvalue weighted by atomic mass is 35.7. The Morgan fingerprint density at radius 2 is 2.05 bits per heavy atom. The molecule has 0 fully saturated rings. The number of hydrogen-bond donors (Lipinski definition) is 0.